The Bertz CT molecular complexity index is 659. The predicted molar refractivity (Wildman–Crippen MR) is 84.3 cm³/mol. The molecule has 2 heterocycles. The van der Waals surface area contributed by atoms with Crippen LogP contribution in [0.4, 0.5) is 5.69 Å². The Morgan fingerprint density at radius 2 is 2.19 bits per heavy atom. The summed E-state index contributed by atoms with van der Waals surface area (Å²) in [6.07, 6.45) is 0.806. The number of carbonyl (C=O) groups is 1. The maximum Gasteiger partial charge on any atom is 0.240 e. The summed E-state index contributed by atoms with van der Waals surface area (Å²) < 4.78 is 6.20. The van der Waals surface area contributed by atoms with E-state index in [2.05, 4.69) is 10.2 Å². The predicted octanol–water partition coefficient (Wildman–Crippen LogP) is 2.75. The molecule has 1 fully saturated rings. The zero-order valence-corrected chi connectivity index (χ0v) is 13.4. The Morgan fingerprint density at radius 3 is 2.90 bits per heavy atom. The quantitative estimate of drug-likeness (QED) is 0.866. The van der Waals surface area contributed by atoms with E-state index >= 15 is 0 Å². The fourth-order valence-electron chi connectivity index (χ4n) is 2.30. The van der Waals surface area contributed by atoms with Crippen molar-refractivity contribution in [2.24, 2.45) is 0 Å². The first-order valence-electron chi connectivity index (χ1n) is 6.60. The Labute approximate surface area is 131 Å². The van der Waals surface area contributed by atoms with Crippen LogP contribution < -0.4 is 9.64 Å². The summed E-state index contributed by atoms with van der Waals surface area (Å²) in [5.74, 6) is 0.834. The first-order chi connectivity index (χ1) is 10.2. The van der Waals surface area contributed by atoms with Crippen molar-refractivity contribution in [1.82, 2.24) is 10.2 Å². The normalized spacial score (nSPS) is 18.3. The van der Waals surface area contributed by atoms with Crippen LogP contribution in [-0.4, -0.2) is 35.0 Å². The van der Waals surface area contributed by atoms with Gasteiger partial charge in [0.05, 0.1) is 18.0 Å². The first-order valence-corrected chi connectivity index (χ1v) is 8.30. The number of nitrogens with zero attached hydrogens (tertiary/aromatic N) is 3. The van der Waals surface area contributed by atoms with Crippen molar-refractivity contribution in [3.8, 4) is 5.75 Å². The van der Waals surface area contributed by atoms with E-state index in [1.165, 1.54) is 23.1 Å². The van der Waals surface area contributed by atoms with Crippen LogP contribution >= 0.6 is 23.1 Å². The van der Waals surface area contributed by atoms with Gasteiger partial charge in [-0.15, -0.1) is 10.2 Å². The van der Waals surface area contributed by atoms with Gasteiger partial charge in [-0.05, 0) is 25.5 Å². The van der Waals surface area contributed by atoms with E-state index in [-0.39, 0.29) is 11.2 Å². The number of methoxy groups -OCH3 is 1. The van der Waals surface area contributed by atoms with Gasteiger partial charge < -0.3 is 9.64 Å². The number of amides is 1. The fourth-order valence-corrected chi connectivity index (χ4v) is 4.40. The minimum absolute atomic E-state index is 0.0951. The van der Waals surface area contributed by atoms with E-state index < -0.39 is 0 Å². The average Bonchev–Trinajstić information content (AvgIpc) is 3.06. The second-order valence-corrected chi connectivity index (χ2v) is 7.28. The molecule has 0 unspecified atom stereocenters. The lowest BCUT2D eigenvalue weighted by molar-refractivity contribution is -0.116. The number of carbonyl (C=O) groups excluding carboxylic acids is 1. The Kier molecular flexibility index (Phi) is 4.12. The molecule has 21 heavy (non-hydrogen) atoms. The van der Waals surface area contributed by atoms with Crippen LogP contribution in [-0.2, 0) is 4.79 Å². The van der Waals surface area contributed by atoms with Crippen LogP contribution in [0.25, 0.3) is 0 Å². The smallest absolute Gasteiger partial charge is 0.240 e. The van der Waals surface area contributed by atoms with Crippen LogP contribution in [0.1, 0.15) is 11.4 Å². The lowest BCUT2D eigenvalue weighted by Gasteiger charge is -2.19. The molecule has 1 aromatic heterocycles. The molecular weight excluding hydrogens is 306 g/mol. The Morgan fingerprint density at radius 1 is 1.38 bits per heavy atom. The summed E-state index contributed by atoms with van der Waals surface area (Å²) in [7, 11) is 1.62. The van der Waals surface area contributed by atoms with Crippen LogP contribution in [0.5, 0.6) is 5.75 Å². The Hall–Kier alpha value is -1.60. The van der Waals surface area contributed by atoms with E-state index in [1.54, 1.807) is 12.0 Å². The van der Waals surface area contributed by atoms with Crippen LogP contribution in [0.3, 0.4) is 0 Å². The minimum atomic E-state index is -0.0951. The van der Waals surface area contributed by atoms with Gasteiger partial charge in [0, 0.05) is 6.54 Å². The van der Waals surface area contributed by atoms with Gasteiger partial charge in [0.15, 0.2) is 4.34 Å². The number of rotatable bonds is 4. The molecule has 110 valence electrons. The molecule has 3 rings (SSSR count). The highest BCUT2D eigenvalue weighted by atomic mass is 32.2. The molecule has 1 aliphatic heterocycles. The van der Waals surface area contributed by atoms with Gasteiger partial charge in [-0.2, -0.15) is 0 Å². The number of aryl methyl sites for hydroxylation is 1. The van der Waals surface area contributed by atoms with Crippen molar-refractivity contribution >= 4 is 34.7 Å². The van der Waals surface area contributed by atoms with Gasteiger partial charge in [-0.25, -0.2) is 0 Å². The zero-order chi connectivity index (χ0) is 14.8. The number of hydrogen-bond acceptors (Lipinski definition) is 6. The largest absolute Gasteiger partial charge is 0.495 e. The number of benzene rings is 1. The van der Waals surface area contributed by atoms with Gasteiger partial charge in [-0.1, -0.05) is 35.2 Å². The summed E-state index contributed by atoms with van der Waals surface area (Å²) >= 11 is 3.03. The number of ether oxygens (including phenoxy) is 1. The summed E-state index contributed by atoms with van der Waals surface area (Å²) in [4.78, 5) is 14.4. The summed E-state index contributed by atoms with van der Waals surface area (Å²) in [5, 5.41) is 8.90. The molecule has 0 N–H and O–H groups in total. The number of para-hydroxylation sites is 2. The van der Waals surface area contributed by atoms with E-state index in [9.17, 15) is 4.79 Å². The third-order valence-electron chi connectivity index (χ3n) is 3.28. The standard InChI is InChI=1S/C14H15N3O2S2/c1-9-15-16-14(20-9)21-12-7-8-17(13(12)18)10-5-3-4-6-11(10)19-2/h3-6,12H,7-8H2,1-2H3/t12-/m0/s1. The monoisotopic (exact) mass is 321 g/mol. The number of thioether (sulfide) groups is 1. The maximum absolute atomic E-state index is 12.6. The molecule has 0 saturated carbocycles. The molecule has 1 aromatic carbocycles. The first kappa shape index (κ1) is 14.3. The van der Waals surface area contributed by atoms with Gasteiger partial charge in [-0.3, -0.25) is 4.79 Å². The second kappa shape index (κ2) is 6.03. The molecule has 1 amide bonds. The minimum Gasteiger partial charge on any atom is -0.495 e. The number of aromatic nitrogens is 2. The van der Waals surface area contributed by atoms with Crippen LogP contribution in [0.2, 0.25) is 0 Å². The fraction of sp³-hybridized carbons (Fsp3) is 0.357. The van der Waals surface area contributed by atoms with Crippen LogP contribution in [0.15, 0.2) is 28.6 Å². The highest BCUT2D eigenvalue weighted by molar-refractivity contribution is 8.02. The topological polar surface area (TPSA) is 55.3 Å². The Balaban J connectivity index is 1.77. The van der Waals surface area contributed by atoms with Crippen molar-refractivity contribution in [2.45, 2.75) is 22.9 Å². The lowest BCUT2D eigenvalue weighted by Crippen LogP contribution is -2.28. The molecule has 0 spiro atoms. The van der Waals surface area contributed by atoms with E-state index in [0.717, 1.165) is 27.2 Å². The molecule has 5 nitrogen and oxygen atoms in total. The van der Waals surface area contributed by atoms with E-state index in [4.69, 9.17) is 4.74 Å². The molecule has 1 aliphatic rings. The van der Waals surface area contributed by atoms with E-state index in [1.807, 2.05) is 31.2 Å². The van der Waals surface area contributed by atoms with Gasteiger partial charge in [0.25, 0.3) is 0 Å². The summed E-state index contributed by atoms with van der Waals surface area (Å²) in [5.41, 5.74) is 0.835. The molecule has 7 heteroatoms. The summed E-state index contributed by atoms with van der Waals surface area (Å²) in [6.45, 7) is 2.62. The highest BCUT2D eigenvalue weighted by Crippen LogP contribution is 2.37. The molecular formula is C14H15N3O2S2. The SMILES string of the molecule is COc1ccccc1N1CC[C@H](Sc2nnc(C)s2)C1=O. The van der Waals surface area contributed by atoms with Crippen molar-refractivity contribution in [1.29, 1.82) is 0 Å². The molecule has 1 atom stereocenters. The van der Waals surface area contributed by atoms with Gasteiger partial charge >= 0.3 is 0 Å². The molecule has 2 aromatic rings. The lowest BCUT2D eigenvalue weighted by atomic mass is 10.2. The third kappa shape index (κ3) is 2.89. The van der Waals surface area contributed by atoms with Crippen LogP contribution in [0, 0.1) is 6.92 Å². The van der Waals surface area contributed by atoms with Crippen molar-refractivity contribution < 1.29 is 9.53 Å². The number of hydrogen-bond donors (Lipinski definition) is 0. The van der Waals surface area contributed by atoms with Crippen molar-refractivity contribution in [3.05, 3.63) is 29.3 Å². The van der Waals surface area contributed by atoms with Crippen molar-refractivity contribution in [2.75, 3.05) is 18.6 Å². The highest BCUT2D eigenvalue weighted by Gasteiger charge is 2.35. The summed E-state index contributed by atoms with van der Waals surface area (Å²) in [6, 6.07) is 7.61. The number of anilines is 1. The zero-order valence-electron chi connectivity index (χ0n) is 11.8. The van der Waals surface area contributed by atoms with E-state index in [0.29, 0.717) is 6.54 Å². The second-order valence-electron chi connectivity index (χ2n) is 4.64. The molecule has 0 radical (unpaired) electrons. The van der Waals surface area contributed by atoms with Gasteiger partial charge in [0.2, 0.25) is 5.91 Å². The van der Waals surface area contributed by atoms with Crippen molar-refractivity contribution in [3.63, 3.8) is 0 Å². The molecule has 0 bridgehead atoms. The molecule has 1 saturated heterocycles. The molecule has 0 aliphatic carbocycles. The average molecular weight is 321 g/mol. The third-order valence-corrected chi connectivity index (χ3v) is 5.46. The maximum atomic E-state index is 12.6. The van der Waals surface area contributed by atoms with Gasteiger partial charge in [0.1, 0.15) is 10.8 Å².